The Bertz CT molecular complexity index is 639. The summed E-state index contributed by atoms with van der Waals surface area (Å²) < 4.78 is 18.6. The van der Waals surface area contributed by atoms with Crippen molar-refractivity contribution in [2.24, 2.45) is 0 Å². The maximum Gasteiger partial charge on any atom is 0.195 e. The molecule has 1 fully saturated rings. The Morgan fingerprint density at radius 3 is 2.79 bits per heavy atom. The fourth-order valence-corrected chi connectivity index (χ4v) is 3.45. The van der Waals surface area contributed by atoms with Gasteiger partial charge in [0.2, 0.25) is 0 Å². The zero-order valence-electron chi connectivity index (χ0n) is 14.1. The fraction of sp³-hybridized carbons (Fsp3) is 0.529. The number of hydrogen-bond acceptors (Lipinski definition) is 6. The maximum atomic E-state index is 5.77. The van der Waals surface area contributed by atoms with Crippen LogP contribution in [-0.4, -0.2) is 47.1 Å². The van der Waals surface area contributed by atoms with E-state index in [4.69, 9.17) is 14.2 Å². The molecule has 1 atom stereocenters. The van der Waals surface area contributed by atoms with E-state index < -0.39 is 0 Å². The van der Waals surface area contributed by atoms with Crippen molar-refractivity contribution in [3.63, 3.8) is 0 Å². The average molecular weight is 349 g/mol. The maximum absolute atomic E-state index is 5.77. The largest absolute Gasteiger partial charge is 0.497 e. The van der Waals surface area contributed by atoms with Crippen molar-refractivity contribution in [1.29, 1.82) is 0 Å². The molecular weight excluding hydrogens is 326 g/mol. The van der Waals surface area contributed by atoms with E-state index in [1.165, 1.54) is 6.42 Å². The van der Waals surface area contributed by atoms with Crippen molar-refractivity contribution in [2.45, 2.75) is 37.6 Å². The molecule has 1 aliphatic heterocycles. The summed E-state index contributed by atoms with van der Waals surface area (Å²) in [5, 5.41) is 9.34. The molecule has 2 aromatic rings. The van der Waals surface area contributed by atoms with E-state index in [1.54, 1.807) is 18.9 Å². The van der Waals surface area contributed by atoms with Crippen molar-refractivity contribution >= 4 is 11.8 Å². The number of rotatable bonds is 7. The quantitative estimate of drug-likeness (QED) is 0.565. The summed E-state index contributed by atoms with van der Waals surface area (Å²) in [6.45, 7) is 3.40. The van der Waals surface area contributed by atoms with Crippen molar-refractivity contribution in [3.8, 4) is 11.4 Å². The molecule has 0 amide bonds. The predicted molar refractivity (Wildman–Crippen MR) is 92.9 cm³/mol. The number of ether oxygens (including phenoxy) is 3. The predicted octanol–water partition coefficient (Wildman–Crippen LogP) is 3.22. The minimum absolute atomic E-state index is 0.0412. The highest BCUT2D eigenvalue weighted by Crippen LogP contribution is 2.23. The van der Waals surface area contributed by atoms with Crippen molar-refractivity contribution in [2.75, 3.05) is 26.1 Å². The molecule has 0 aliphatic carbocycles. The highest BCUT2D eigenvalue weighted by molar-refractivity contribution is 7.99. The summed E-state index contributed by atoms with van der Waals surface area (Å²) in [7, 11) is 1.66. The van der Waals surface area contributed by atoms with Gasteiger partial charge in [-0.1, -0.05) is 11.8 Å². The fourth-order valence-electron chi connectivity index (χ4n) is 2.62. The molecule has 1 unspecified atom stereocenters. The highest BCUT2D eigenvalue weighted by atomic mass is 32.2. The molecule has 6 nitrogen and oxygen atoms in total. The van der Waals surface area contributed by atoms with E-state index in [9.17, 15) is 0 Å². The molecule has 2 heterocycles. The van der Waals surface area contributed by atoms with E-state index in [0.717, 1.165) is 47.6 Å². The first-order chi connectivity index (χ1) is 11.8. The van der Waals surface area contributed by atoms with Crippen LogP contribution >= 0.6 is 11.8 Å². The molecule has 3 rings (SSSR count). The summed E-state index contributed by atoms with van der Waals surface area (Å²) in [4.78, 5) is 0. The van der Waals surface area contributed by atoms with E-state index in [0.29, 0.717) is 6.61 Å². The molecule has 1 aromatic carbocycles. The third-order valence-electron chi connectivity index (χ3n) is 3.88. The highest BCUT2D eigenvalue weighted by Gasteiger charge is 2.15. The molecule has 0 N–H and O–H groups in total. The smallest absolute Gasteiger partial charge is 0.195 e. The van der Waals surface area contributed by atoms with Gasteiger partial charge in [-0.3, -0.25) is 4.57 Å². The molecule has 7 heteroatoms. The monoisotopic (exact) mass is 349 g/mol. The first-order valence-corrected chi connectivity index (χ1v) is 9.19. The first kappa shape index (κ1) is 17.3. The third-order valence-corrected chi connectivity index (χ3v) is 4.78. The number of benzene rings is 1. The van der Waals surface area contributed by atoms with Gasteiger partial charge in [-0.05, 0) is 50.5 Å². The van der Waals surface area contributed by atoms with Gasteiger partial charge in [-0.2, -0.15) is 0 Å². The van der Waals surface area contributed by atoms with Crippen LogP contribution in [0.15, 0.2) is 29.4 Å². The molecule has 1 saturated heterocycles. The number of nitrogens with zero attached hydrogens (tertiary/aromatic N) is 3. The normalized spacial score (nSPS) is 17.8. The second kappa shape index (κ2) is 8.50. The van der Waals surface area contributed by atoms with Gasteiger partial charge in [-0.15, -0.1) is 10.2 Å². The lowest BCUT2D eigenvalue weighted by molar-refractivity contribution is -0.158. The van der Waals surface area contributed by atoms with Gasteiger partial charge < -0.3 is 14.2 Å². The minimum atomic E-state index is -0.0412. The summed E-state index contributed by atoms with van der Waals surface area (Å²) in [5.41, 5.74) is 1.03. The Morgan fingerprint density at radius 1 is 1.25 bits per heavy atom. The summed E-state index contributed by atoms with van der Waals surface area (Å²) in [5.74, 6) is 2.51. The number of aromatic nitrogens is 3. The Morgan fingerprint density at radius 2 is 2.08 bits per heavy atom. The molecule has 24 heavy (non-hydrogen) atoms. The second-order valence-corrected chi connectivity index (χ2v) is 6.64. The van der Waals surface area contributed by atoms with Crippen LogP contribution in [0.3, 0.4) is 0 Å². The van der Waals surface area contributed by atoms with Gasteiger partial charge in [0.15, 0.2) is 11.4 Å². The van der Waals surface area contributed by atoms with Gasteiger partial charge in [0.1, 0.15) is 11.6 Å². The minimum Gasteiger partial charge on any atom is -0.497 e. The van der Waals surface area contributed by atoms with E-state index >= 15 is 0 Å². The van der Waals surface area contributed by atoms with Gasteiger partial charge >= 0.3 is 0 Å². The number of aryl methyl sites for hydroxylation is 1. The lowest BCUT2D eigenvalue weighted by atomic mass is 10.2. The molecule has 130 valence electrons. The molecule has 1 aliphatic rings. The number of methoxy groups -OCH3 is 1. The lowest BCUT2D eigenvalue weighted by Crippen LogP contribution is -2.23. The van der Waals surface area contributed by atoms with Crippen molar-refractivity contribution in [3.05, 3.63) is 30.1 Å². The van der Waals surface area contributed by atoms with Crippen LogP contribution in [0.1, 0.15) is 25.1 Å². The van der Waals surface area contributed by atoms with Crippen LogP contribution < -0.4 is 4.74 Å². The molecule has 0 bridgehead atoms. The van der Waals surface area contributed by atoms with Gasteiger partial charge in [0.05, 0.1) is 13.7 Å². The van der Waals surface area contributed by atoms with Crippen LogP contribution in [-0.2, 0) is 9.47 Å². The Hall–Kier alpha value is -1.57. The molecular formula is C17H23N3O3S. The second-order valence-electron chi connectivity index (χ2n) is 5.58. The van der Waals surface area contributed by atoms with Crippen molar-refractivity contribution < 1.29 is 14.2 Å². The standard InChI is InChI=1S/C17H23N3O3S/c1-13-18-19-17(20(13)14-6-8-15(21-2)9-7-14)24-12-11-23-16-5-3-4-10-22-16/h6-9,16H,3-5,10-12H2,1-2H3. The summed E-state index contributed by atoms with van der Waals surface area (Å²) >= 11 is 1.64. The van der Waals surface area contributed by atoms with Crippen LogP contribution in [0.5, 0.6) is 5.75 Å². The Balaban J connectivity index is 1.57. The van der Waals surface area contributed by atoms with Gasteiger partial charge in [0.25, 0.3) is 0 Å². The molecule has 0 saturated carbocycles. The average Bonchev–Trinajstić information content (AvgIpc) is 3.00. The van der Waals surface area contributed by atoms with Crippen LogP contribution in [0, 0.1) is 6.92 Å². The van der Waals surface area contributed by atoms with Crippen LogP contribution in [0.4, 0.5) is 0 Å². The Kier molecular flexibility index (Phi) is 6.12. The first-order valence-electron chi connectivity index (χ1n) is 8.20. The SMILES string of the molecule is COc1ccc(-n2c(C)nnc2SCCOC2CCCCO2)cc1. The van der Waals surface area contributed by atoms with E-state index in [2.05, 4.69) is 10.2 Å². The van der Waals surface area contributed by atoms with Crippen LogP contribution in [0.25, 0.3) is 5.69 Å². The number of hydrogen-bond donors (Lipinski definition) is 0. The molecule has 1 aromatic heterocycles. The molecule has 0 spiro atoms. The zero-order valence-corrected chi connectivity index (χ0v) is 14.9. The topological polar surface area (TPSA) is 58.4 Å². The third kappa shape index (κ3) is 4.28. The van der Waals surface area contributed by atoms with Gasteiger partial charge in [0, 0.05) is 18.0 Å². The summed E-state index contributed by atoms with van der Waals surface area (Å²) in [6, 6.07) is 7.89. The van der Waals surface area contributed by atoms with Gasteiger partial charge in [-0.25, -0.2) is 0 Å². The Labute approximate surface area is 146 Å². The number of thioether (sulfide) groups is 1. The van der Waals surface area contributed by atoms with E-state index in [1.807, 2.05) is 35.8 Å². The molecule has 0 radical (unpaired) electrons. The van der Waals surface area contributed by atoms with Crippen LogP contribution in [0.2, 0.25) is 0 Å². The van der Waals surface area contributed by atoms with E-state index in [-0.39, 0.29) is 6.29 Å². The summed E-state index contributed by atoms with van der Waals surface area (Å²) in [6.07, 6.45) is 3.27. The zero-order chi connectivity index (χ0) is 16.8. The van der Waals surface area contributed by atoms with Crippen molar-refractivity contribution in [1.82, 2.24) is 14.8 Å². The lowest BCUT2D eigenvalue weighted by Gasteiger charge is -2.22.